The van der Waals surface area contributed by atoms with E-state index in [2.05, 4.69) is 4.72 Å². The normalized spacial score (nSPS) is 11.0. The molecule has 0 aliphatic heterocycles. The lowest BCUT2D eigenvalue weighted by Gasteiger charge is -2.08. The third kappa shape index (κ3) is 4.37. The highest BCUT2D eigenvalue weighted by atomic mass is 32.2. The molecule has 24 heavy (non-hydrogen) atoms. The summed E-state index contributed by atoms with van der Waals surface area (Å²) in [5.41, 5.74) is 0.368. The topological polar surface area (TPSA) is 116 Å². The summed E-state index contributed by atoms with van der Waals surface area (Å²) in [6.45, 7) is 1.15. The van der Waals surface area contributed by atoms with E-state index in [-0.39, 0.29) is 10.6 Å². The number of aryl methyl sites for hydroxylation is 1. The summed E-state index contributed by atoms with van der Waals surface area (Å²) in [7, 11) is -4.07. The molecule has 0 amide bonds. The maximum atomic E-state index is 12.1. The van der Waals surface area contributed by atoms with Crippen LogP contribution in [0.3, 0.4) is 0 Å². The van der Waals surface area contributed by atoms with Gasteiger partial charge in [-0.15, -0.1) is 0 Å². The predicted octanol–water partition coefficient (Wildman–Crippen LogP) is 1.79. The van der Waals surface area contributed by atoms with Gasteiger partial charge in [0.1, 0.15) is 12.3 Å². The highest BCUT2D eigenvalue weighted by molar-refractivity contribution is 7.89. The zero-order chi connectivity index (χ0) is 17.7. The van der Waals surface area contributed by atoms with Crippen LogP contribution in [0.1, 0.15) is 5.56 Å². The van der Waals surface area contributed by atoms with Crippen molar-refractivity contribution in [1.29, 1.82) is 0 Å². The molecule has 0 saturated carbocycles. The van der Waals surface area contributed by atoms with Crippen LogP contribution in [0.2, 0.25) is 0 Å². The van der Waals surface area contributed by atoms with Gasteiger partial charge in [0.05, 0.1) is 9.82 Å². The maximum absolute atomic E-state index is 12.1. The number of hydrogen-bond donors (Lipinski definition) is 1. The van der Waals surface area contributed by atoms with Gasteiger partial charge in [-0.25, -0.2) is 8.42 Å². The summed E-state index contributed by atoms with van der Waals surface area (Å²) in [6.07, 6.45) is 0. The molecule has 0 bridgehead atoms. The molecule has 2 aromatic carbocycles. The molecule has 1 N–H and O–H groups in total. The molecule has 8 nitrogen and oxygen atoms in total. The number of carbonyl (C=O) groups is 1. The second kappa shape index (κ2) is 7.20. The number of hydrogen-bond acceptors (Lipinski definition) is 6. The van der Waals surface area contributed by atoms with Crippen molar-refractivity contribution in [2.24, 2.45) is 0 Å². The van der Waals surface area contributed by atoms with Gasteiger partial charge in [0.15, 0.2) is 0 Å². The predicted molar refractivity (Wildman–Crippen MR) is 85.1 cm³/mol. The number of esters is 1. The van der Waals surface area contributed by atoms with Crippen molar-refractivity contribution in [2.45, 2.75) is 11.8 Å². The Morgan fingerprint density at radius 3 is 2.58 bits per heavy atom. The van der Waals surface area contributed by atoms with E-state index in [1.807, 2.05) is 0 Å². The standard InChI is InChI=1S/C15H14N2O6S/c1-11-5-2-3-8-14(11)23-15(18)10-16-24(21,22)13-7-4-6-12(9-13)17(19)20/h2-9,16H,10H2,1H3. The fourth-order valence-electron chi connectivity index (χ4n) is 1.83. The zero-order valence-electron chi connectivity index (χ0n) is 12.6. The SMILES string of the molecule is Cc1ccccc1OC(=O)CNS(=O)(=O)c1cccc([N+](=O)[O-])c1. The molecule has 0 atom stereocenters. The van der Waals surface area contributed by atoms with Crippen molar-refractivity contribution in [3.05, 3.63) is 64.2 Å². The maximum Gasteiger partial charge on any atom is 0.326 e. The van der Waals surface area contributed by atoms with E-state index in [1.54, 1.807) is 31.2 Å². The Balaban J connectivity index is 2.05. The van der Waals surface area contributed by atoms with E-state index >= 15 is 0 Å². The molecular weight excluding hydrogens is 336 g/mol. The average molecular weight is 350 g/mol. The highest BCUT2D eigenvalue weighted by Gasteiger charge is 2.19. The number of benzene rings is 2. The van der Waals surface area contributed by atoms with Gasteiger partial charge in [-0.3, -0.25) is 14.9 Å². The van der Waals surface area contributed by atoms with E-state index in [1.165, 1.54) is 18.2 Å². The molecular formula is C15H14N2O6S. The van der Waals surface area contributed by atoms with Gasteiger partial charge in [-0.1, -0.05) is 24.3 Å². The Kier molecular flexibility index (Phi) is 5.27. The minimum absolute atomic E-state index is 0.305. The molecule has 9 heteroatoms. The minimum Gasteiger partial charge on any atom is -0.425 e. The summed E-state index contributed by atoms with van der Waals surface area (Å²) in [5, 5.41) is 10.7. The van der Waals surface area contributed by atoms with E-state index < -0.39 is 27.5 Å². The van der Waals surface area contributed by atoms with Crippen molar-refractivity contribution in [1.82, 2.24) is 4.72 Å². The minimum atomic E-state index is -4.07. The Morgan fingerprint density at radius 1 is 1.21 bits per heavy atom. The number of nitrogens with zero attached hydrogens (tertiary/aromatic N) is 1. The van der Waals surface area contributed by atoms with Crippen LogP contribution in [0, 0.1) is 17.0 Å². The van der Waals surface area contributed by atoms with Gasteiger partial charge >= 0.3 is 5.97 Å². The Bertz CT molecular complexity index is 879. The number of rotatable bonds is 6. The smallest absolute Gasteiger partial charge is 0.326 e. The molecule has 0 fully saturated rings. The van der Waals surface area contributed by atoms with Crippen molar-refractivity contribution < 1.29 is 22.9 Å². The van der Waals surface area contributed by atoms with E-state index in [0.29, 0.717) is 5.75 Å². The van der Waals surface area contributed by atoms with E-state index in [9.17, 15) is 23.3 Å². The van der Waals surface area contributed by atoms with Crippen LogP contribution >= 0.6 is 0 Å². The van der Waals surface area contributed by atoms with Gasteiger partial charge in [0.2, 0.25) is 10.0 Å². The summed E-state index contributed by atoms with van der Waals surface area (Å²) in [5.74, 6) is -0.463. The first kappa shape index (κ1) is 17.6. The zero-order valence-corrected chi connectivity index (χ0v) is 13.4. The third-order valence-electron chi connectivity index (χ3n) is 3.06. The molecule has 0 unspecified atom stereocenters. The number of para-hydroxylation sites is 1. The molecule has 0 aliphatic carbocycles. The second-order valence-electron chi connectivity index (χ2n) is 4.82. The molecule has 0 aliphatic rings. The third-order valence-corrected chi connectivity index (χ3v) is 4.46. The molecule has 126 valence electrons. The fraction of sp³-hybridized carbons (Fsp3) is 0.133. The Hall–Kier alpha value is -2.78. The molecule has 0 heterocycles. The van der Waals surface area contributed by atoms with Crippen molar-refractivity contribution in [3.8, 4) is 5.75 Å². The van der Waals surface area contributed by atoms with Crippen molar-refractivity contribution in [2.75, 3.05) is 6.54 Å². The van der Waals surface area contributed by atoms with E-state index in [4.69, 9.17) is 4.74 Å². The lowest BCUT2D eigenvalue weighted by Crippen LogP contribution is -2.32. The quantitative estimate of drug-likeness (QED) is 0.367. The monoisotopic (exact) mass is 350 g/mol. The highest BCUT2D eigenvalue weighted by Crippen LogP contribution is 2.18. The van der Waals surface area contributed by atoms with Gasteiger partial charge < -0.3 is 4.74 Å². The van der Waals surface area contributed by atoms with E-state index in [0.717, 1.165) is 11.6 Å². The number of nitrogens with one attached hydrogen (secondary N) is 1. The lowest BCUT2D eigenvalue weighted by molar-refractivity contribution is -0.385. The summed E-state index contributed by atoms with van der Waals surface area (Å²) >= 11 is 0. The summed E-state index contributed by atoms with van der Waals surface area (Å²) in [4.78, 5) is 21.4. The lowest BCUT2D eigenvalue weighted by atomic mass is 10.2. The number of non-ortho nitro benzene ring substituents is 1. The second-order valence-corrected chi connectivity index (χ2v) is 6.59. The molecule has 2 aromatic rings. The van der Waals surface area contributed by atoms with Crippen LogP contribution < -0.4 is 9.46 Å². The van der Waals surface area contributed by atoms with Crippen LogP contribution in [-0.4, -0.2) is 25.9 Å². The first-order valence-corrected chi connectivity index (χ1v) is 8.28. The average Bonchev–Trinajstić information content (AvgIpc) is 2.55. The number of carbonyl (C=O) groups excluding carboxylic acids is 1. The largest absolute Gasteiger partial charge is 0.425 e. The Morgan fingerprint density at radius 2 is 1.92 bits per heavy atom. The van der Waals surface area contributed by atoms with Crippen molar-refractivity contribution in [3.63, 3.8) is 0 Å². The first-order chi connectivity index (χ1) is 11.3. The first-order valence-electron chi connectivity index (χ1n) is 6.80. The molecule has 0 spiro atoms. The van der Waals surface area contributed by atoms with Crippen LogP contribution in [0.4, 0.5) is 5.69 Å². The van der Waals surface area contributed by atoms with Crippen LogP contribution in [0.15, 0.2) is 53.4 Å². The molecule has 0 aromatic heterocycles. The van der Waals surface area contributed by atoms with Gasteiger partial charge in [-0.2, -0.15) is 4.72 Å². The van der Waals surface area contributed by atoms with Crippen molar-refractivity contribution >= 4 is 21.7 Å². The Labute approximate surface area is 138 Å². The van der Waals surface area contributed by atoms with Crippen LogP contribution in [-0.2, 0) is 14.8 Å². The number of nitro groups is 1. The van der Waals surface area contributed by atoms with Gasteiger partial charge in [-0.05, 0) is 24.6 Å². The van der Waals surface area contributed by atoms with Gasteiger partial charge in [0.25, 0.3) is 5.69 Å². The van der Waals surface area contributed by atoms with Crippen LogP contribution in [0.25, 0.3) is 0 Å². The number of nitro benzene ring substituents is 1. The van der Waals surface area contributed by atoms with Gasteiger partial charge in [0, 0.05) is 12.1 Å². The molecule has 0 radical (unpaired) electrons. The number of ether oxygens (including phenoxy) is 1. The molecule has 0 saturated heterocycles. The number of sulfonamides is 1. The molecule has 2 rings (SSSR count). The summed E-state index contributed by atoms with van der Waals surface area (Å²) < 4.78 is 31.3. The fourth-order valence-corrected chi connectivity index (χ4v) is 2.84. The summed E-state index contributed by atoms with van der Waals surface area (Å²) in [6, 6.07) is 11.3. The van der Waals surface area contributed by atoms with Crippen LogP contribution in [0.5, 0.6) is 5.75 Å².